The zero-order chi connectivity index (χ0) is 19.7. The van der Waals surface area contributed by atoms with Crippen molar-refractivity contribution in [3.05, 3.63) is 77.6 Å². The van der Waals surface area contributed by atoms with Crippen LogP contribution in [0.1, 0.15) is 39.8 Å². The van der Waals surface area contributed by atoms with E-state index in [0.29, 0.717) is 23.5 Å². The summed E-state index contributed by atoms with van der Waals surface area (Å²) < 4.78 is 30.3. The molecule has 1 fully saturated rings. The zero-order valence-corrected chi connectivity index (χ0v) is 15.3. The molecule has 6 nitrogen and oxygen atoms in total. The Morgan fingerprint density at radius 2 is 2.04 bits per heavy atom. The van der Waals surface area contributed by atoms with Crippen LogP contribution in [0.5, 0.6) is 0 Å². The first kappa shape index (κ1) is 18.2. The smallest absolute Gasteiger partial charge is 0.267 e. The number of aromatic nitrogens is 4. The predicted molar refractivity (Wildman–Crippen MR) is 97.9 cm³/mol. The van der Waals surface area contributed by atoms with Crippen molar-refractivity contribution >= 4 is 5.91 Å². The second kappa shape index (κ2) is 7.10. The van der Waals surface area contributed by atoms with E-state index < -0.39 is 30.8 Å². The van der Waals surface area contributed by atoms with Gasteiger partial charge in [0.25, 0.3) is 11.8 Å². The molecule has 0 N–H and O–H groups in total. The van der Waals surface area contributed by atoms with Crippen molar-refractivity contribution < 1.29 is 13.6 Å². The molecule has 0 bridgehead atoms. The average Bonchev–Trinajstić information content (AvgIpc) is 3.25. The molecule has 144 valence electrons. The fraction of sp³-hybridized carbons (Fsp3) is 0.300. The van der Waals surface area contributed by atoms with Gasteiger partial charge in [0, 0.05) is 18.8 Å². The van der Waals surface area contributed by atoms with E-state index in [0.717, 1.165) is 5.56 Å². The number of alkyl halides is 2. The van der Waals surface area contributed by atoms with Gasteiger partial charge >= 0.3 is 0 Å². The molecule has 0 aliphatic carbocycles. The van der Waals surface area contributed by atoms with Crippen LogP contribution in [0.3, 0.4) is 0 Å². The highest BCUT2D eigenvalue weighted by molar-refractivity contribution is 5.95. The summed E-state index contributed by atoms with van der Waals surface area (Å²) in [6.07, 6.45) is 4.01. The SMILES string of the molecule is Cc1ccncc1C(=O)N1CC(F)(F)C[C@H]1c1nncn1Cc1ccccc1. The third-order valence-corrected chi connectivity index (χ3v) is 4.94. The zero-order valence-electron chi connectivity index (χ0n) is 15.3. The third-order valence-electron chi connectivity index (χ3n) is 4.94. The van der Waals surface area contributed by atoms with Crippen LogP contribution in [0.25, 0.3) is 0 Å². The lowest BCUT2D eigenvalue weighted by molar-refractivity contribution is 0.0117. The highest BCUT2D eigenvalue weighted by Gasteiger charge is 2.49. The number of amides is 1. The Morgan fingerprint density at radius 3 is 2.79 bits per heavy atom. The van der Waals surface area contributed by atoms with Gasteiger partial charge < -0.3 is 9.47 Å². The number of halogens is 2. The van der Waals surface area contributed by atoms with Crippen molar-refractivity contribution in [2.45, 2.75) is 31.9 Å². The maximum absolute atomic E-state index is 14.3. The number of benzene rings is 1. The van der Waals surface area contributed by atoms with E-state index in [4.69, 9.17) is 0 Å². The van der Waals surface area contributed by atoms with Crippen molar-refractivity contribution in [2.75, 3.05) is 6.54 Å². The molecule has 4 rings (SSSR count). The summed E-state index contributed by atoms with van der Waals surface area (Å²) in [5.41, 5.74) is 2.01. The van der Waals surface area contributed by atoms with Gasteiger partial charge in [-0.15, -0.1) is 10.2 Å². The summed E-state index contributed by atoms with van der Waals surface area (Å²) in [6, 6.07) is 10.4. The van der Waals surface area contributed by atoms with Crippen LogP contribution < -0.4 is 0 Å². The van der Waals surface area contributed by atoms with E-state index in [1.807, 2.05) is 30.3 Å². The highest BCUT2D eigenvalue weighted by atomic mass is 19.3. The van der Waals surface area contributed by atoms with E-state index in [-0.39, 0.29) is 0 Å². The van der Waals surface area contributed by atoms with Gasteiger partial charge in [0.2, 0.25) is 0 Å². The number of hydrogen-bond donors (Lipinski definition) is 0. The third kappa shape index (κ3) is 3.49. The molecule has 28 heavy (non-hydrogen) atoms. The van der Waals surface area contributed by atoms with E-state index in [1.165, 1.54) is 17.4 Å². The largest absolute Gasteiger partial charge is 0.322 e. The molecule has 3 aromatic rings. The Hall–Kier alpha value is -3.16. The van der Waals surface area contributed by atoms with Crippen LogP contribution in [-0.2, 0) is 6.54 Å². The van der Waals surface area contributed by atoms with Crippen molar-refractivity contribution in [1.29, 1.82) is 0 Å². The van der Waals surface area contributed by atoms with Gasteiger partial charge in [0.05, 0.1) is 24.7 Å². The number of carbonyl (C=O) groups excluding carboxylic acids is 1. The molecule has 1 aliphatic heterocycles. The number of pyridine rings is 1. The van der Waals surface area contributed by atoms with E-state index in [2.05, 4.69) is 15.2 Å². The van der Waals surface area contributed by atoms with Crippen LogP contribution in [0.15, 0.2) is 55.1 Å². The maximum atomic E-state index is 14.3. The Morgan fingerprint density at radius 1 is 1.25 bits per heavy atom. The molecule has 0 saturated carbocycles. The lowest BCUT2D eigenvalue weighted by Crippen LogP contribution is -2.34. The Labute approximate surface area is 160 Å². The summed E-state index contributed by atoms with van der Waals surface area (Å²) in [4.78, 5) is 18.2. The molecule has 0 spiro atoms. The minimum atomic E-state index is -2.99. The first-order valence-electron chi connectivity index (χ1n) is 8.96. The molecule has 0 unspecified atom stereocenters. The van der Waals surface area contributed by atoms with Crippen LogP contribution in [-0.4, -0.2) is 43.0 Å². The second-order valence-corrected chi connectivity index (χ2v) is 7.00. The lowest BCUT2D eigenvalue weighted by atomic mass is 10.1. The van der Waals surface area contributed by atoms with Crippen molar-refractivity contribution in [3.63, 3.8) is 0 Å². The topological polar surface area (TPSA) is 63.9 Å². The maximum Gasteiger partial charge on any atom is 0.267 e. The molecule has 1 amide bonds. The summed E-state index contributed by atoms with van der Waals surface area (Å²) in [7, 11) is 0. The van der Waals surface area contributed by atoms with Gasteiger partial charge in [-0.25, -0.2) is 8.78 Å². The molecular weight excluding hydrogens is 364 g/mol. The standard InChI is InChI=1S/C20H19F2N5O/c1-14-7-8-23-10-16(14)19(28)27-12-20(21,22)9-17(27)18-25-24-13-26(18)11-15-5-3-2-4-6-15/h2-8,10,13,17H,9,11-12H2,1H3/t17-/m0/s1. The molecular formula is C20H19F2N5O. The summed E-state index contributed by atoms with van der Waals surface area (Å²) in [5, 5.41) is 7.99. The fourth-order valence-corrected chi connectivity index (χ4v) is 3.53. The van der Waals surface area contributed by atoms with Crippen molar-refractivity contribution in [1.82, 2.24) is 24.6 Å². The molecule has 0 radical (unpaired) electrons. The van der Waals surface area contributed by atoms with Gasteiger partial charge in [-0.2, -0.15) is 0 Å². The number of rotatable bonds is 4. The molecule has 3 heterocycles. The summed E-state index contributed by atoms with van der Waals surface area (Å²) >= 11 is 0. The Kier molecular flexibility index (Phi) is 4.62. The summed E-state index contributed by atoms with van der Waals surface area (Å²) in [5.74, 6) is -3.10. The molecule has 2 aromatic heterocycles. The van der Waals surface area contributed by atoms with E-state index >= 15 is 0 Å². The molecule has 8 heteroatoms. The van der Waals surface area contributed by atoms with Gasteiger partial charge in [-0.1, -0.05) is 30.3 Å². The van der Waals surface area contributed by atoms with Gasteiger partial charge in [0.15, 0.2) is 5.82 Å². The molecule has 1 saturated heterocycles. The normalized spacial score (nSPS) is 18.4. The van der Waals surface area contributed by atoms with E-state index in [1.54, 1.807) is 23.8 Å². The lowest BCUT2D eigenvalue weighted by Gasteiger charge is -2.24. The van der Waals surface area contributed by atoms with Gasteiger partial charge in [-0.05, 0) is 24.1 Å². The van der Waals surface area contributed by atoms with Crippen LogP contribution >= 0.6 is 0 Å². The van der Waals surface area contributed by atoms with Crippen molar-refractivity contribution in [3.8, 4) is 0 Å². The first-order valence-corrected chi connectivity index (χ1v) is 8.96. The number of hydrogen-bond acceptors (Lipinski definition) is 4. The Bertz CT molecular complexity index is 989. The monoisotopic (exact) mass is 383 g/mol. The number of carbonyl (C=O) groups is 1. The number of nitrogens with zero attached hydrogens (tertiary/aromatic N) is 5. The average molecular weight is 383 g/mol. The Balaban J connectivity index is 1.67. The minimum Gasteiger partial charge on any atom is -0.322 e. The molecule has 1 aliphatic rings. The quantitative estimate of drug-likeness (QED) is 0.694. The number of likely N-dealkylation sites (tertiary alicyclic amines) is 1. The van der Waals surface area contributed by atoms with Crippen LogP contribution in [0.4, 0.5) is 8.78 Å². The minimum absolute atomic E-state index is 0.319. The van der Waals surface area contributed by atoms with Crippen LogP contribution in [0.2, 0.25) is 0 Å². The molecule has 1 aromatic carbocycles. The van der Waals surface area contributed by atoms with E-state index in [9.17, 15) is 13.6 Å². The molecule has 1 atom stereocenters. The van der Waals surface area contributed by atoms with Gasteiger partial charge in [0.1, 0.15) is 6.33 Å². The second-order valence-electron chi connectivity index (χ2n) is 7.00. The summed E-state index contributed by atoms with van der Waals surface area (Å²) in [6.45, 7) is 1.55. The van der Waals surface area contributed by atoms with Crippen LogP contribution in [0, 0.1) is 6.92 Å². The predicted octanol–water partition coefficient (Wildman–Crippen LogP) is 3.25. The number of aryl methyl sites for hydroxylation is 1. The van der Waals surface area contributed by atoms with Crippen molar-refractivity contribution in [2.24, 2.45) is 0 Å². The first-order chi connectivity index (χ1) is 13.4. The van der Waals surface area contributed by atoms with Gasteiger partial charge in [-0.3, -0.25) is 9.78 Å². The fourth-order valence-electron chi connectivity index (χ4n) is 3.53. The highest BCUT2D eigenvalue weighted by Crippen LogP contribution is 2.41.